The summed E-state index contributed by atoms with van der Waals surface area (Å²) < 4.78 is 13.4. The Morgan fingerprint density at radius 2 is 2.10 bits per heavy atom. The Kier molecular flexibility index (Phi) is 5.09. The van der Waals surface area contributed by atoms with Gasteiger partial charge in [0.05, 0.1) is 5.92 Å². The highest BCUT2D eigenvalue weighted by molar-refractivity contribution is 5.91. The number of carbonyl (C=O) groups excluding carboxylic acids is 1. The van der Waals surface area contributed by atoms with Crippen molar-refractivity contribution in [3.63, 3.8) is 0 Å². The molecule has 4 nitrogen and oxygen atoms in total. The topological polar surface area (TPSA) is 66.4 Å². The Balaban J connectivity index is 1.85. The molecule has 0 aromatic heterocycles. The molecule has 0 saturated heterocycles. The first-order valence-corrected chi connectivity index (χ1v) is 7.01. The van der Waals surface area contributed by atoms with Crippen LogP contribution in [0.3, 0.4) is 0 Å². The number of benzene rings is 1. The highest BCUT2D eigenvalue weighted by atomic mass is 19.1. The summed E-state index contributed by atoms with van der Waals surface area (Å²) in [5, 5.41) is 11.8. The van der Waals surface area contributed by atoms with Crippen molar-refractivity contribution in [1.29, 1.82) is 0 Å². The van der Waals surface area contributed by atoms with Crippen molar-refractivity contribution in [1.82, 2.24) is 5.32 Å². The Labute approximate surface area is 122 Å². The average molecular weight is 291 g/mol. The highest BCUT2D eigenvalue weighted by Gasteiger charge is 2.32. The number of amides is 1. The fourth-order valence-corrected chi connectivity index (χ4v) is 2.67. The first kappa shape index (κ1) is 15.2. The lowest BCUT2D eigenvalue weighted by Gasteiger charge is -2.15. The van der Waals surface area contributed by atoms with Gasteiger partial charge in [0, 0.05) is 18.2 Å². The van der Waals surface area contributed by atoms with E-state index in [0.29, 0.717) is 18.5 Å². The quantitative estimate of drug-likeness (QED) is 0.819. The molecule has 112 valence electrons. The van der Waals surface area contributed by atoms with E-state index in [4.69, 9.17) is 5.11 Å². The fourth-order valence-electron chi connectivity index (χ4n) is 2.67. The summed E-state index contributed by atoms with van der Waals surface area (Å²) in [4.78, 5) is 22.7. The van der Waals surface area contributed by atoms with Gasteiger partial charge in [0.2, 0.25) is 5.91 Å². The number of rotatable bonds is 5. The molecule has 1 saturated carbocycles. The molecule has 2 unspecified atom stereocenters. The highest BCUT2D eigenvalue weighted by Crippen LogP contribution is 2.31. The van der Waals surface area contributed by atoms with Crippen LogP contribution in [-0.4, -0.2) is 23.5 Å². The van der Waals surface area contributed by atoms with Crippen molar-refractivity contribution in [3.8, 4) is 0 Å². The van der Waals surface area contributed by atoms with Gasteiger partial charge in [0.15, 0.2) is 0 Å². The summed E-state index contributed by atoms with van der Waals surface area (Å²) in [5.74, 6) is -1.92. The van der Waals surface area contributed by atoms with Gasteiger partial charge in [0.25, 0.3) is 0 Å². The Bertz CT molecular complexity index is 556. The molecular formula is C16H18FNO3. The van der Waals surface area contributed by atoms with E-state index in [9.17, 15) is 14.0 Å². The molecule has 0 heterocycles. The van der Waals surface area contributed by atoms with Crippen molar-refractivity contribution in [3.05, 3.63) is 41.7 Å². The normalized spacial score (nSPS) is 21.6. The molecule has 21 heavy (non-hydrogen) atoms. The van der Waals surface area contributed by atoms with Crippen LogP contribution in [0.2, 0.25) is 0 Å². The van der Waals surface area contributed by atoms with Gasteiger partial charge in [-0.25, -0.2) is 4.39 Å². The minimum Gasteiger partial charge on any atom is -0.481 e. The predicted molar refractivity (Wildman–Crippen MR) is 76.9 cm³/mol. The van der Waals surface area contributed by atoms with Crippen LogP contribution in [-0.2, 0) is 9.59 Å². The van der Waals surface area contributed by atoms with E-state index in [1.807, 2.05) is 0 Å². The van der Waals surface area contributed by atoms with E-state index in [0.717, 1.165) is 12.8 Å². The van der Waals surface area contributed by atoms with Crippen LogP contribution in [0.15, 0.2) is 30.3 Å². The van der Waals surface area contributed by atoms with Crippen LogP contribution in [0.1, 0.15) is 24.8 Å². The minimum atomic E-state index is -0.798. The molecule has 5 heteroatoms. The average Bonchev–Trinajstić information content (AvgIpc) is 2.93. The van der Waals surface area contributed by atoms with E-state index >= 15 is 0 Å². The predicted octanol–water partition coefficient (Wildman–Crippen LogP) is 2.46. The number of hydrogen-bond donors (Lipinski definition) is 2. The lowest BCUT2D eigenvalue weighted by molar-refractivity contribution is -0.143. The maximum atomic E-state index is 13.4. The molecule has 0 spiro atoms. The lowest BCUT2D eigenvalue weighted by Crippen LogP contribution is -2.32. The molecule has 0 aliphatic heterocycles. The zero-order valence-electron chi connectivity index (χ0n) is 11.6. The molecule has 2 rings (SSSR count). The molecule has 1 aromatic rings. The van der Waals surface area contributed by atoms with Gasteiger partial charge in [-0.15, -0.1) is 0 Å². The molecule has 1 amide bonds. The maximum absolute atomic E-state index is 13.4. The third kappa shape index (κ3) is 4.15. The second-order valence-corrected chi connectivity index (χ2v) is 5.24. The van der Waals surface area contributed by atoms with Crippen molar-refractivity contribution in [2.24, 2.45) is 11.8 Å². The summed E-state index contributed by atoms with van der Waals surface area (Å²) in [6.07, 6.45) is 5.04. The molecule has 1 aliphatic carbocycles. The molecule has 0 radical (unpaired) electrons. The van der Waals surface area contributed by atoms with E-state index in [1.165, 1.54) is 18.2 Å². The van der Waals surface area contributed by atoms with Crippen molar-refractivity contribution >= 4 is 18.0 Å². The largest absolute Gasteiger partial charge is 0.481 e. The molecule has 2 N–H and O–H groups in total. The van der Waals surface area contributed by atoms with E-state index < -0.39 is 5.97 Å². The maximum Gasteiger partial charge on any atom is 0.306 e. The molecule has 1 aromatic carbocycles. The Morgan fingerprint density at radius 3 is 2.81 bits per heavy atom. The number of hydrogen-bond acceptors (Lipinski definition) is 2. The minimum absolute atomic E-state index is 0.0201. The molecule has 1 fully saturated rings. The third-order valence-corrected chi connectivity index (χ3v) is 3.83. The van der Waals surface area contributed by atoms with Gasteiger partial charge < -0.3 is 10.4 Å². The zero-order valence-corrected chi connectivity index (χ0v) is 11.6. The third-order valence-electron chi connectivity index (χ3n) is 3.83. The second-order valence-electron chi connectivity index (χ2n) is 5.24. The monoisotopic (exact) mass is 291 g/mol. The summed E-state index contributed by atoms with van der Waals surface area (Å²) in [7, 11) is 0. The van der Waals surface area contributed by atoms with Gasteiger partial charge in [-0.3, -0.25) is 9.59 Å². The number of carbonyl (C=O) groups is 2. The van der Waals surface area contributed by atoms with Crippen LogP contribution in [0, 0.1) is 17.7 Å². The number of carboxylic acid groups (broad SMARTS) is 1. The second kappa shape index (κ2) is 7.02. The number of aliphatic carboxylic acids is 1. The lowest BCUT2D eigenvalue weighted by atomic mass is 9.96. The first-order valence-electron chi connectivity index (χ1n) is 7.01. The van der Waals surface area contributed by atoms with Gasteiger partial charge in [0.1, 0.15) is 5.82 Å². The smallest absolute Gasteiger partial charge is 0.306 e. The van der Waals surface area contributed by atoms with Gasteiger partial charge in [-0.2, -0.15) is 0 Å². The van der Waals surface area contributed by atoms with Crippen molar-refractivity contribution in [2.75, 3.05) is 6.54 Å². The van der Waals surface area contributed by atoms with E-state index in [2.05, 4.69) is 5.32 Å². The summed E-state index contributed by atoms with van der Waals surface area (Å²) in [6, 6.07) is 6.18. The molecule has 0 bridgehead atoms. The summed E-state index contributed by atoms with van der Waals surface area (Å²) in [6.45, 7) is 0.345. The summed E-state index contributed by atoms with van der Waals surface area (Å²) >= 11 is 0. The van der Waals surface area contributed by atoms with Gasteiger partial charge >= 0.3 is 5.97 Å². The van der Waals surface area contributed by atoms with Crippen molar-refractivity contribution < 1.29 is 19.1 Å². The number of carboxylic acids is 1. The zero-order chi connectivity index (χ0) is 15.2. The first-order chi connectivity index (χ1) is 10.1. The SMILES string of the molecule is O=C(C=Cc1ccccc1F)NCC1CCCC1C(=O)O. The van der Waals surface area contributed by atoms with E-state index in [-0.39, 0.29) is 23.6 Å². The standard InChI is InChI=1S/C16H18FNO3/c17-14-7-2-1-4-11(14)8-9-15(19)18-10-12-5-3-6-13(12)16(20)21/h1-2,4,7-9,12-13H,3,5-6,10H2,(H,18,19)(H,20,21). The van der Waals surface area contributed by atoms with Gasteiger partial charge in [-0.05, 0) is 30.9 Å². The summed E-state index contributed by atoms with van der Waals surface area (Å²) in [5.41, 5.74) is 0.344. The van der Waals surface area contributed by atoms with Crippen LogP contribution >= 0.6 is 0 Å². The molecular weight excluding hydrogens is 273 g/mol. The van der Waals surface area contributed by atoms with Crippen molar-refractivity contribution in [2.45, 2.75) is 19.3 Å². The number of nitrogens with one attached hydrogen (secondary N) is 1. The fraction of sp³-hybridized carbons (Fsp3) is 0.375. The van der Waals surface area contributed by atoms with E-state index in [1.54, 1.807) is 18.2 Å². The van der Waals surface area contributed by atoms with Crippen LogP contribution in [0.5, 0.6) is 0 Å². The Morgan fingerprint density at radius 1 is 1.33 bits per heavy atom. The van der Waals surface area contributed by atoms with Crippen LogP contribution < -0.4 is 5.32 Å². The number of halogens is 1. The van der Waals surface area contributed by atoms with Crippen LogP contribution in [0.4, 0.5) is 4.39 Å². The van der Waals surface area contributed by atoms with Gasteiger partial charge in [-0.1, -0.05) is 24.6 Å². The van der Waals surface area contributed by atoms with Crippen LogP contribution in [0.25, 0.3) is 6.08 Å². The Hall–Kier alpha value is -2.17. The molecule has 1 aliphatic rings. The molecule has 2 atom stereocenters.